The van der Waals surface area contributed by atoms with Gasteiger partial charge in [0.1, 0.15) is 5.82 Å². The third kappa shape index (κ3) is 5.52. The van der Waals surface area contributed by atoms with Gasteiger partial charge < -0.3 is 14.5 Å². The summed E-state index contributed by atoms with van der Waals surface area (Å²) in [4.78, 5) is 22.5. The molecule has 0 spiro atoms. The Balaban J connectivity index is 1.47. The molecule has 0 aliphatic carbocycles. The highest BCUT2D eigenvalue weighted by molar-refractivity contribution is 7.92. The quantitative estimate of drug-likeness (QED) is 0.476. The van der Waals surface area contributed by atoms with Gasteiger partial charge in [0.15, 0.2) is 5.65 Å². The van der Waals surface area contributed by atoms with Crippen molar-refractivity contribution < 1.29 is 17.9 Å². The molecule has 2 fully saturated rings. The normalized spacial score (nSPS) is 21.8. The van der Waals surface area contributed by atoms with Crippen LogP contribution in [-0.2, 0) is 14.8 Å². The number of sulfonamides is 1. The lowest BCUT2D eigenvalue weighted by Crippen LogP contribution is -2.39. The number of piperidine rings is 1. The Morgan fingerprint density at radius 2 is 2.05 bits per heavy atom. The molecule has 1 amide bonds. The van der Waals surface area contributed by atoms with Gasteiger partial charge in [0, 0.05) is 49.6 Å². The van der Waals surface area contributed by atoms with Gasteiger partial charge in [-0.15, -0.1) is 0 Å². The van der Waals surface area contributed by atoms with E-state index in [1.165, 1.54) is 12.1 Å². The summed E-state index contributed by atoms with van der Waals surface area (Å²) < 4.78 is 33.5. The number of carbonyl (C=O) groups excluding carboxylic acids is 1. The number of ether oxygens (including phenoxy) is 1. The molecule has 2 aliphatic heterocycles. The number of rotatable bonds is 6. The van der Waals surface area contributed by atoms with Crippen molar-refractivity contribution >= 4 is 44.7 Å². The highest BCUT2D eigenvalue weighted by atomic mass is 35.5. The number of likely N-dealkylation sites (tertiary alicyclic amines) is 1. The van der Waals surface area contributed by atoms with E-state index in [2.05, 4.69) is 15.7 Å². The van der Waals surface area contributed by atoms with Crippen molar-refractivity contribution in [2.75, 3.05) is 42.6 Å². The van der Waals surface area contributed by atoms with Gasteiger partial charge in [-0.1, -0.05) is 11.6 Å². The van der Waals surface area contributed by atoms with E-state index in [1.54, 1.807) is 22.6 Å². The minimum Gasteiger partial charge on any atom is -0.378 e. The van der Waals surface area contributed by atoms with E-state index in [0.717, 1.165) is 30.5 Å². The molecular weight excluding hydrogens is 542 g/mol. The molecule has 1 N–H and O–H groups in total. The van der Waals surface area contributed by atoms with Gasteiger partial charge in [0.25, 0.3) is 5.91 Å². The fraction of sp³-hybridized carbons (Fsp3) is 0.462. The molecule has 3 aromatic rings. The molecule has 0 bridgehead atoms. The number of nitrogens with one attached hydrogen (secondary N) is 1. The van der Waals surface area contributed by atoms with Gasteiger partial charge in [0.05, 0.1) is 47.3 Å². The molecule has 39 heavy (non-hydrogen) atoms. The number of aryl methyl sites for hydroxylation is 1. The predicted octanol–water partition coefficient (Wildman–Crippen LogP) is 3.40. The summed E-state index contributed by atoms with van der Waals surface area (Å²) in [6.07, 6.45) is 5.22. The van der Waals surface area contributed by atoms with Gasteiger partial charge in [-0.25, -0.2) is 17.9 Å². The fourth-order valence-electron chi connectivity index (χ4n) is 5.43. The van der Waals surface area contributed by atoms with Gasteiger partial charge in [-0.3, -0.25) is 9.52 Å². The fourth-order valence-corrected chi connectivity index (χ4v) is 6.18. The van der Waals surface area contributed by atoms with Crippen molar-refractivity contribution in [1.29, 1.82) is 5.26 Å². The van der Waals surface area contributed by atoms with Gasteiger partial charge in [0.2, 0.25) is 10.0 Å². The average molecular weight is 572 g/mol. The van der Waals surface area contributed by atoms with E-state index < -0.39 is 10.0 Å². The zero-order valence-corrected chi connectivity index (χ0v) is 23.5. The number of carbonyl (C=O) groups is 1. The van der Waals surface area contributed by atoms with Crippen LogP contribution >= 0.6 is 11.6 Å². The molecule has 0 unspecified atom stereocenters. The first-order chi connectivity index (χ1) is 18.6. The number of hydrogen-bond acceptors (Lipinski definition) is 8. The van der Waals surface area contributed by atoms with E-state index in [0.29, 0.717) is 42.4 Å². The molecule has 2 aromatic heterocycles. The number of nitrogens with zero attached hydrogens (tertiary/aromatic N) is 6. The van der Waals surface area contributed by atoms with Gasteiger partial charge in [-0.05, 0) is 44.4 Å². The molecule has 5 rings (SSSR count). The van der Waals surface area contributed by atoms with Crippen molar-refractivity contribution in [2.45, 2.75) is 38.3 Å². The van der Waals surface area contributed by atoms with Crippen LogP contribution < -0.4 is 9.62 Å². The van der Waals surface area contributed by atoms with Crippen LogP contribution in [0.3, 0.4) is 0 Å². The van der Waals surface area contributed by atoms with Crippen LogP contribution in [0.4, 0.5) is 11.5 Å². The van der Waals surface area contributed by atoms with E-state index >= 15 is 0 Å². The maximum atomic E-state index is 13.8. The van der Waals surface area contributed by atoms with Crippen molar-refractivity contribution in [1.82, 2.24) is 19.5 Å². The lowest BCUT2D eigenvalue weighted by Gasteiger charge is -2.35. The first-order valence-corrected chi connectivity index (χ1v) is 15.0. The van der Waals surface area contributed by atoms with Crippen LogP contribution in [0.15, 0.2) is 30.5 Å². The third-order valence-corrected chi connectivity index (χ3v) is 8.10. The third-order valence-electron chi connectivity index (χ3n) is 7.27. The molecule has 0 saturated carbocycles. The topological polar surface area (TPSA) is 133 Å². The Hall–Kier alpha value is -3.40. The van der Waals surface area contributed by atoms with Crippen LogP contribution in [-0.4, -0.2) is 72.9 Å². The van der Waals surface area contributed by atoms with E-state index in [1.807, 2.05) is 19.2 Å². The summed E-state index contributed by atoms with van der Waals surface area (Å²) in [5.41, 5.74) is 2.63. The number of aromatic nitrogens is 3. The van der Waals surface area contributed by atoms with Crippen molar-refractivity contribution in [2.24, 2.45) is 5.92 Å². The van der Waals surface area contributed by atoms with Crippen molar-refractivity contribution in [3.63, 3.8) is 0 Å². The predicted molar refractivity (Wildman–Crippen MR) is 147 cm³/mol. The molecule has 3 atom stereocenters. The number of methoxy groups -OCH3 is 1. The van der Waals surface area contributed by atoms with Crippen LogP contribution in [0.5, 0.6) is 0 Å². The number of nitriles is 1. The summed E-state index contributed by atoms with van der Waals surface area (Å²) in [7, 11) is -1.99. The van der Waals surface area contributed by atoms with E-state index in [9.17, 15) is 18.5 Å². The second kappa shape index (κ2) is 10.6. The molecule has 13 heteroatoms. The molecule has 11 nitrogen and oxygen atoms in total. The monoisotopic (exact) mass is 571 g/mol. The molecule has 4 heterocycles. The SMILES string of the molecule is CO[C@@H]1CN(c2nc3cc([C@@H]4CCCCN4C(=O)c4cc(Cl)ccc4NS(C)(=O)=O)nn3cc2C)C[C@H]1C#N. The molecule has 1 aromatic carbocycles. The Morgan fingerprint density at radius 1 is 1.26 bits per heavy atom. The lowest BCUT2D eigenvalue weighted by molar-refractivity contribution is 0.0607. The second-order valence-electron chi connectivity index (χ2n) is 10.1. The number of fused-ring (bicyclic) bond motifs is 1. The summed E-state index contributed by atoms with van der Waals surface area (Å²) in [5, 5.41) is 14.6. The minimum absolute atomic E-state index is 0.178. The average Bonchev–Trinajstić information content (AvgIpc) is 3.51. The summed E-state index contributed by atoms with van der Waals surface area (Å²) >= 11 is 6.20. The van der Waals surface area contributed by atoms with Crippen LogP contribution in [0.2, 0.25) is 5.02 Å². The Morgan fingerprint density at radius 3 is 2.74 bits per heavy atom. The Kier molecular flexibility index (Phi) is 7.41. The smallest absolute Gasteiger partial charge is 0.256 e. The summed E-state index contributed by atoms with van der Waals surface area (Å²) in [6.45, 7) is 3.57. The Bertz CT molecular complexity index is 1570. The van der Waals surface area contributed by atoms with Crippen molar-refractivity contribution in [3.05, 3.63) is 52.3 Å². The van der Waals surface area contributed by atoms with Gasteiger partial charge >= 0.3 is 0 Å². The number of benzene rings is 1. The summed E-state index contributed by atoms with van der Waals surface area (Å²) in [6, 6.07) is 8.43. The Labute approximate surface area is 232 Å². The van der Waals surface area contributed by atoms with E-state index in [-0.39, 0.29) is 35.2 Å². The number of amides is 1. The van der Waals surface area contributed by atoms with Crippen molar-refractivity contribution in [3.8, 4) is 6.07 Å². The largest absolute Gasteiger partial charge is 0.378 e. The van der Waals surface area contributed by atoms with Crippen LogP contribution in [0.1, 0.15) is 46.9 Å². The summed E-state index contributed by atoms with van der Waals surface area (Å²) in [5.74, 6) is 0.226. The number of anilines is 2. The zero-order chi connectivity index (χ0) is 27.9. The first-order valence-electron chi connectivity index (χ1n) is 12.7. The zero-order valence-electron chi connectivity index (χ0n) is 22.0. The van der Waals surface area contributed by atoms with Crippen LogP contribution in [0, 0.1) is 24.2 Å². The molecule has 2 aliphatic rings. The van der Waals surface area contributed by atoms with Crippen LogP contribution in [0.25, 0.3) is 5.65 Å². The molecular formula is C26H30ClN7O4S. The maximum absolute atomic E-state index is 13.8. The minimum atomic E-state index is -3.60. The molecule has 2 saturated heterocycles. The molecule has 206 valence electrons. The lowest BCUT2D eigenvalue weighted by atomic mass is 9.98. The highest BCUT2D eigenvalue weighted by Crippen LogP contribution is 2.35. The number of halogens is 1. The first kappa shape index (κ1) is 27.2. The second-order valence-corrected chi connectivity index (χ2v) is 12.3. The van der Waals surface area contributed by atoms with E-state index in [4.69, 9.17) is 26.4 Å². The molecule has 0 radical (unpaired) electrons. The standard InChI is InChI=1S/C26H30ClN7O4S/c1-16-13-34-24(29-25(16)32-14-17(12-28)23(15-32)38-2)11-21(30-34)22-6-4-5-9-33(22)26(35)19-10-18(27)7-8-20(19)31-39(3,36)37/h7-8,10-11,13,17,22-23,31H,4-6,9,14-15H2,1-3H3/t17-,22+,23-/m1/s1. The highest BCUT2D eigenvalue weighted by Gasteiger charge is 2.35. The maximum Gasteiger partial charge on any atom is 0.256 e. The van der Waals surface area contributed by atoms with Gasteiger partial charge in [-0.2, -0.15) is 10.4 Å². The number of hydrogen-bond donors (Lipinski definition) is 1.